The Morgan fingerprint density at radius 1 is 1.24 bits per heavy atom. The first kappa shape index (κ1) is 12.0. The quantitative estimate of drug-likeness (QED) is 0.544. The number of phenols is 2. The van der Waals surface area contributed by atoms with Crippen molar-refractivity contribution < 1.29 is 10.2 Å². The highest BCUT2D eigenvalue weighted by Crippen LogP contribution is 2.30. The van der Waals surface area contributed by atoms with Crippen molar-refractivity contribution in [1.82, 2.24) is 10.2 Å². The summed E-state index contributed by atoms with van der Waals surface area (Å²) in [6, 6.07) is 5.03. The van der Waals surface area contributed by atoms with E-state index in [4.69, 9.17) is 0 Å². The molecule has 1 heterocycles. The van der Waals surface area contributed by atoms with Crippen LogP contribution in [0.1, 0.15) is 11.6 Å². The van der Waals surface area contributed by atoms with Crippen LogP contribution < -0.4 is 5.32 Å². The number of nitrogens with one attached hydrogen (secondary N) is 1. The molecule has 0 amide bonds. The van der Waals surface area contributed by atoms with E-state index in [-0.39, 0.29) is 17.5 Å². The molecule has 4 nitrogen and oxygen atoms in total. The van der Waals surface area contributed by atoms with E-state index in [2.05, 4.69) is 16.8 Å². The number of hydrogen-bond donors (Lipinski definition) is 3. The number of rotatable bonds is 3. The molecular weight excluding hydrogens is 216 g/mol. The molecule has 1 saturated heterocycles. The number of phenolic OH excluding ortho intramolecular Hbond substituents is 2. The lowest BCUT2D eigenvalue weighted by Crippen LogP contribution is -2.44. The molecule has 1 atom stereocenters. The molecule has 1 aromatic carbocycles. The Morgan fingerprint density at radius 2 is 1.94 bits per heavy atom. The highest BCUT2D eigenvalue weighted by atomic mass is 16.3. The lowest BCUT2D eigenvalue weighted by Gasteiger charge is -2.33. The predicted molar refractivity (Wildman–Crippen MR) is 67.2 cm³/mol. The van der Waals surface area contributed by atoms with Crippen molar-refractivity contribution >= 4 is 0 Å². The molecule has 0 aliphatic carbocycles. The topological polar surface area (TPSA) is 55.7 Å². The number of piperazine rings is 1. The Bertz CT molecular complexity index is 400. The Hall–Kier alpha value is -1.52. The lowest BCUT2D eigenvalue weighted by atomic mass is 10.0. The summed E-state index contributed by atoms with van der Waals surface area (Å²) in [6.07, 6.45) is 1.87. The van der Waals surface area contributed by atoms with Gasteiger partial charge in [-0.2, -0.15) is 0 Å². The standard InChI is InChI=1S/C13H18N2O2/c1-2-11(15-7-5-14-6-8-15)10-3-4-12(16)13(17)9-10/h2-4,9,11,14,16-17H,1,5-8H2/t11-/m1/s1. The van der Waals surface area contributed by atoms with Crippen LogP contribution in [-0.2, 0) is 0 Å². The molecule has 0 bridgehead atoms. The summed E-state index contributed by atoms with van der Waals surface area (Å²) in [5.74, 6) is -0.165. The van der Waals surface area contributed by atoms with Crippen molar-refractivity contribution in [1.29, 1.82) is 0 Å². The number of benzene rings is 1. The van der Waals surface area contributed by atoms with E-state index in [9.17, 15) is 10.2 Å². The fourth-order valence-corrected chi connectivity index (χ4v) is 2.18. The minimum Gasteiger partial charge on any atom is -0.504 e. The molecule has 0 radical (unpaired) electrons. The molecule has 1 aliphatic rings. The highest BCUT2D eigenvalue weighted by Gasteiger charge is 2.20. The average Bonchev–Trinajstić information content (AvgIpc) is 2.36. The summed E-state index contributed by atoms with van der Waals surface area (Å²) in [4.78, 5) is 2.30. The second-order valence-electron chi connectivity index (χ2n) is 4.21. The Kier molecular flexibility index (Phi) is 3.66. The van der Waals surface area contributed by atoms with Gasteiger partial charge in [-0.15, -0.1) is 6.58 Å². The molecule has 1 aliphatic heterocycles. The maximum absolute atomic E-state index is 9.53. The zero-order valence-electron chi connectivity index (χ0n) is 9.76. The normalized spacial score (nSPS) is 18.8. The van der Waals surface area contributed by atoms with Crippen LogP contribution in [-0.4, -0.2) is 41.3 Å². The van der Waals surface area contributed by atoms with Gasteiger partial charge in [0.15, 0.2) is 11.5 Å². The first-order chi connectivity index (χ1) is 8.22. The van der Waals surface area contributed by atoms with E-state index in [0.717, 1.165) is 31.7 Å². The van der Waals surface area contributed by atoms with Crippen LogP contribution in [0.3, 0.4) is 0 Å². The first-order valence-electron chi connectivity index (χ1n) is 5.81. The fraction of sp³-hybridized carbons (Fsp3) is 0.385. The minimum absolute atomic E-state index is 0.0792. The third-order valence-corrected chi connectivity index (χ3v) is 3.11. The van der Waals surface area contributed by atoms with Gasteiger partial charge in [0.25, 0.3) is 0 Å². The van der Waals surface area contributed by atoms with Gasteiger partial charge in [0.05, 0.1) is 6.04 Å². The van der Waals surface area contributed by atoms with Crippen molar-refractivity contribution in [2.45, 2.75) is 6.04 Å². The maximum atomic E-state index is 9.53. The molecule has 0 spiro atoms. The molecule has 3 N–H and O–H groups in total. The monoisotopic (exact) mass is 234 g/mol. The Balaban J connectivity index is 2.21. The van der Waals surface area contributed by atoms with Gasteiger partial charge in [-0.3, -0.25) is 4.90 Å². The summed E-state index contributed by atoms with van der Waals surface area (Å²) >= 11 is 0. The van der Waals surface area contributed by atoms with Crippen molar-refractivity contribution in [2.24, 2.45) is 0 Å². The average molecular weight is 234 g/mol. The number of aromatic hydroxyl groups is 2. The molecule has 17 heavy (non-hydrogen) atoms. The van der Waals surface area contributed by atoms with Gasteiger partial charge in [0, 0.05) is 26.2 Å². The summed E-state index contributed by atoms with van der Waals surface area (Å²) in [7, 11) is 0. The molecule has 92 valence electrons. The summed E-state index contributed by atoms with van der Waals surface area (Å²) in [5, 5.41) is 22.1. The molecule has 4 heteroatoms. The fourth-order valence-electron chi connectivity index (χ4n) is 2.18. The van der Waals surface area contributed by atoms with E-state index in [1.165, 1.54) is 6.07 Å². The smallest absolute Gasteiger partial charge is 0.157 e. The molecule has 1 fully saturated rings. The van der Waals surface area contributed by atoms with E-state index >= 15 is 0 Å². The van der Waals surface area contributed by atoms with Crippen molar-refractivity contribution in [3.63, 3.8) is 0 Å². The minimum atomic E-state index is -0.0862. The predicted octanol–water partition coefficient (Wildman–Crippen LogP) is 1.23. The highest BCUT2D eigenvalue weighted by molar-refractivity contribution is 5.42. The van der Waals surface area contributed by atoms with Crippen LogP contribution in [0.5, 0.6) is 11.5 Å². The van der Waals surface area contributed by atoms with Crippen molar-refractivity contribution in [2.75, 3.05) is 26.2 Å². The van der Waals surface area contributed by atoms with Crippen LogP contribution >= 0.6 is 0 Å². The van der Waals surface area contributed by atoms with E-state index in [1.54, 1.807) is 6.07 Å². The van der Waals surface area contributed by atoms with Gasteiger partial charge < -0.3 is 15.5 Å². The molecule has 0 aromatic heterocycles. The molecular formula is C13H18N2O2. The second kappa shape index (κ2) is 5.21. The van der Waals surface area contributed by atoms with E-state index in [0.29, 0.717) is 0 Å². The van der Waals surface area contributed by atoms with Crippen LogP contribution in [0, 0.1) is 0 Å². The van der Waals surface area contributed by atoms with E-state index < -0.39 is 0 Å². The molecule has 1 aromatic rings. The Labute approximate surface area is 101 Å². The van der Waals surface area contributed by atoms with Gasteiger partial charge in [0.1, 0.15) is 0 Å². The third kappa shape index (κ3) is 2.60. The van der Waals surface area contributed by atoms with Gasteiger partial charge in [-0.1, -0.05) is 12.1 Å². The molecule has 0 saturated carbocycles. The second-order valence-corrected chi connectivity index (χ2v) is 4.21. The van der Waals surface area contributed by atoms with Gasteiger partial charge in [-0.25, -0.2) is 0 Å². The largest absolute Gasteiger partial charge is 0.504 e. The lowest BCUT2D eigenvalue weighted by molar-refractivity contribution is 0.203. The summed E-state index contributed by atoms with van der Waals surface area (Å²) in [5.41, 5.74) is 0.956. The van der Waals surface area contributed by atoms with Gasteiger partial charge in [-0.05, 0) is 17.7 Å². The van der Waals surface area contributed by atoms with Gasteiger partial charge >= 0.3 is 0 Å². The van der Waals surface area contributed by atoms with Crippen LogP contribution in [0.2, 0.25) is 0 Å². The zero-order chi connectivity index (χ0) is 12.3. The summed E-state index contributed by atoms with van der Waals surface area (Å²) in [6.45, 7) is 7.71. The van der Waals surface area contributed by atoms with E-state index in [1.807, 2.05) is 12.1 Å². The van der Waals surface area contributed by atoms with Crippen LogP contribution in [0.4, 0.5) is 0 Å². The number of nitrogens with zero attached hydrogens (tertiary/aromatic N) is 1. The van der Waals surface area contributed by atoms with Crippen LogP contribution in [0.15, 0.2) is 30.9 Å². The first-order valence-corrected chi connectivity index (χ1v) is 5.81. The van der Waals surface area contributed by atoms with Crippen molar-refractivity contribution in [3.8, 4) is 11.5 Å². The summed E-state index contributed by atoms with van der Waals surface area (Å²) < 4.78 is 0. The maximum Gasteiger partial charge on any atom is 0.157 e. The van der Waals surface area contributed by atoms with Crippen molar-refractivity contribution in [3.05, 3.63) is 36.4 Å². The Morgan fingerprint density at radius 3 is 2.53 bits per heavy atom. The van der Waals surface area contributed by atoms with Crippen LogP contribution in [0.25, 0.3) is 0 Å². The molecule has 0 unspecified atom stereocenters. The van der Waals surface area contributed by atoms with Gasteiger partial charge in [0.2, 0.25) is 0 Å². The zero-order valence-corrected chi connectivity index (χ0v) is 9.76. The molecule has 2 rings (SSSR count). The number of hydrogen-bond acceptors (Lipinski definition) is 4. The third-order valence-electron chi connectivity index (χ3n) is 3.11. The SMILES string of the molecule is C=C[C@H](c1ccc(O)c(O)c1)N1CCNCC1.